The summed E-state index contributed by atoms with van der Waals surface area (Å²) in [5, 5.41) is 20.9. The van der Waals surface area contributed by atoms with Crippen LogP contribution in [0.3, 0.4) is 0 Å². The molecule has 3 fully saturated rings. The molecule has 39 heavy (non-hydrogen) atoms. The number of aromatic hydroxyl groups is 1. The number of ether oxygens (including phenoxy) is 1. The molecule has 8 rings (SSSR count). The molecule has 9 heteroatoms. The maximum atomic E-state index is 13.7. The Labute approximate surface area is 225 Å². The zero-order valence-electron chi connectivity index (χ0n) is 21.3. The van der Waals surface area contributed by atoms with Crippen LogP contribution in [0, 0.1) is 17.1 Å². The Morgan fingerprint density at radius 3 is 2.74 bits per heavy atom. The number of benzene rings is 1. The number of fused-ring (bicyclic) bond motifs is 3. The average Bonchev–Trinajstić information content (AvgIpc) is 3.42. The third-order valence-electron chi connectivity index (χ3n) is 8.19. The Kier molecular flexibility index (Phi) is 5.80. The first-order chi connectivity index (χ1) is 19.1. The Balaban J connectivity index is 1.12. The molecule has 7 heterocycles. The van der Waals surface area contributed by atoms with Gasteiger partial charge in [0, 0.05) is 71.9 Å². The maximum Gasteiger partial charge on any atom is 0.138 e. The van der Waals surface area contributed by atoms with Crippen molar-refractivity contribution in [3.8, 4) is 22.9 Å². The molecule has 3 saturated heterocycles. The third-order valence-corrected chi connectivity index (χ3v) is 8.19. The van der Waals surface area contributed by atoms with Gasteiger partial charge in [-0.3, -0.25) is 4.90 Å². The number of rotatable bonds is 5. The van der Waals surface area contributed by atoms with E-state index in [2.05, 4.69) is 38.0 Å². The minimum absolute atomic E-state index is 0.136. The molecule has 4 aromatic rings. The highest BCUT2D eigenvalue weighted by Crippen LogP contribution is 2.38. The van der Waals surface area contributed by atoms with Gasteiger partial charge in [-0.2, -0.15) is 5.26 Å². The molecule has 1 aromatic carbocycles. The first kappa shape index (κ1) is 23.8. The standard InChI is InChI=1S/C30H27FN6O2/c31-22-2-3-27(38)20(9-22)15-37-23-10-24(37)17-36(16-23)28-4-1-19(13-33-28)29-21(12-32)14-34-30-25(29)11-26(35-30)18-5-7-39-8-6-18/h1-5,9,11,13-14,23-24,38H,6-8,10,15-17H2,(H,34,35). The number of anilines is 1. The van der Waals surface area contributed by atoms with Crippen LogP contribution in [0.5, 0.6) is 5.75 Å². The van der Waals surface area contributed by atoms with E-state index in [1.54, 1.807) is 6.20 Å². The average molecular weight is 523 g/mol. The fraction of sp³-hybridized carbons (Fsp3) is 0.300. The molecule has 2 bridgehead atoms. The minimum atomic E-state index is -0.332. The van der Waals surface area contributed by atoms with Crippen molar-refractivity contribution in [1.29, 1.82) is 5.26 Å². The Bertz CT molecular complexity index is 1630. The van der Waals surface area contributed by atoms with Crippen molar-refractivity contribution >= 4 is 22.4 Å². The van der Waals surface area contributed by atoms with E-state index in [1.807, 2.05) is 18.3 Å². The van der Waals surface area contributed by atoms with Crippen molar-refractivity contribution in [1.82, 2.24) is 19.9 Å². The first-order valence-corrected chi connectivity index (χ1v) is 13.2. The second-order valence-electron chi connectivity index (χ2n) is 10.5. The molecule has 2 unspecified atom stereocenters. The van der Waals surface area contributed by atoms with Gasteiger partial charge in [0.2, 0.25) is 0 Å². The molecule has 196 valence electrons. The summed E-state index contributed by atoms with van der Waals surface area (Å²) in [4.78, 5) is 17.3. The van der Waals surface area contributed by atoms with Crippen molar-refractivity contribution in [2.75, 3.05) is 31.2 Å². The van der Waals surface area contributed by atoms with Crippen LogP contribution in [0.2, 0.25) is 0 Å². The summed E-state index contributed by atoms with van der Waals surface area (Å²) in [5.74, 6) is 0.700. The number of nitriles is 1. The predicted octanol–water partition coefficient (Wildman–Crippen LogP) is 4.61. The SMILES string of the molecule is N#Cc1cnc2[nH]c(C3=CCOCC3)cc2c1-c1ccc(N2CC3CC(C2)N3Cc2cc(F)ccc2O)nc1. The highest BCUT2D eigenvalue weighted by molar-refractivity contribution is 5.98. The topological polar surface area (TPSA) is 101 Å². The van der Waals surface area contributed by atoms with E-state index < -0.39 is 0 Å². The van der Waals surface area contributed by atoms with Crippen molar-refractivity contribution in [3.05, 3.63) is 77.5 Å². The number of pyridine rings is 2. The number of hydrogen-bond donors (Lipinski definition) is 2. The minimum Gasteiger partial charge on any atom is -0.508 e. The van der Waals surface area contributed by atoms with Gasteiger partial charge in [-0.05, 0) is 54.8 Å². The van der Waals surface area contributed by atoms with E-state index in [0.717, 1.165) is 59.6 Å². The van der Waals surface area contributed by atoms with Gasteiger partial charge in [0.1, 0.15) is 29.1 Å². The van der Waals surface area contributed by atoms with Gasteiger partial charge in [0.25, 0.3) is 0 Å². The largest absolute Gasteiger partial charge is 0.508 e. The third kappa shape index (κ3) is 4.22. The van der Waals surface area contributed by atoms with E-state index >= 15 is 0 Å². The molecule has 2 atom stereocenters. The molecule has 0 spiro atoms. The molecular formula is C30H27FN6O2. The lowest BCUT2D eigenvalue weighted by molar-refractivity contribution is -0.00921. The van der Waals surface area contributed by atoms with Crippen LogP contribution in [0.4, 0.5) is 10.2 Å². The molecule has 4 aliphatic heterocycles. The number of H-pyrrole nitrogens is 1. The molecule has 8 nitrogen and oxygen atoms in total. The molecule has 0 amide bonds. The zero-order chi connectivity index (χ0) is 26.5. The fourth-order valence-corrected chi connectivity index (χ4v) is 6.15. The van der Waals surface area contributed by atoms with Crippen molar-refractivity contribution in [3.63, 3.8) is 0 Å². The Morgan fingerprint density at radius 1 is 1.13 bits per heavy atom. The van der Waals surface area contributed by atoms with E-state index in [1.165, 1.54) is 23.8 Å². The normalized spacial score (nSPS) is 20.9. The van der Waals surface area contributed by atoms with Crippen LogP contribution >= 0.6 is 0 Å². The summed E-state index contributed by atoms with van der Waals surface area (Å²) in [6.07, 6.45) is 7.47. The lowest BCUT2D eigenvalue weighted by atomic mass is 9.86. The van der Waals surface area contributed by atoms with Crippen molar-refractivity contribution in [2.24, 2.45) is 0 Å². The van der Waals surface area contributed by atoms with E-state index in [9.17, 15) is 14.8 Å². The first-order valence-electron chi connectivity index (χ1n) is 13.2. The number of nitrogens with zero attached hydrogens (tertiary/aromatic N) is 5. The second kappa shape index (κ2) is 9.49. The molecule has 0 saturated carbocycles. The number of aromatic amines is 1. The summed E-state index contributed by atoms with van der Waals surface area (Å²) in [7, 11) is 0. The van der Waals surface area contributed by atoms with Crippen LogP contribution in [0.25, 0.3) is 27.7 Å². The Morgan fingerprint density at radius 2 is 2.00 bits per heavy atom. The van der Waals surface area contributed by atoms with Gasteiger partial charge in [-0.25, -0.2) is 14.4 Å². The van der Waals surface area contributed by atoms with Gasteiger partial charge in [-0.1, -0.05) is 6.08 Å². The number of phenols is 1. The van der Waals surface area contributed by atoms with Gasteiger partial charge in [0.05, 0.1) is 18.8 Å². The summed E-state index contributed by atoms with van der Waals surface area (Å²) in [6.45, 7) is 3.48. The van der Waals surface area contributed by atoms with Crippen LogP contribution in [0.1, 0.15) is 29.7 Å². The quantitative estimate of drug-likeness (QED) is 0.395. The number of halogens is 1. The summed E-state index contributed by atoms with van der Waals surface area (Å²) in [5.41, 5.74) is 5.79. The predicted molar refractivity (Wildman–Crippen MR) is 145 cm³/mol. The smallest absolute Gasteiger partial charge is 0.138 e. The van der Waals surface area contributed by atoms with E-state index in [0.29, 0.717) is 43.0 Å². The monoisotopic (exact) mass is 522 g/mol. The molecule has 0 radical (unpaired) electrons. The van der Waals surface area contributed by atoms with Crippen molar-refractivity contribution in [2.45, 2.75) is 31.5 Å². The van der Waals surface area contributed by atoms with Crippen molar-refractivity contribution < 1.29 is 14.2 Å². The van der Waals surface area contributed by atoms with Gasteiger partial charge >= 0.3 is 0 Å². The van der Waals surface area contributed by atoms with Gasteiger partial charge < -0.3 is 19.7 Å². The number of nitrogens with one attached hydrogen (secondary N) is 1. The lowest BCUT2D eigenvalue weighted by Gasteiger charge is -2.56. The van der Waals surface area contributed by atoms with E-state index in [-0.39, 0.29) is 11.6 Å². The number of piperidine rings is 1. The molecule has 0 aliphatic carbocycles. The molecule has 3 aromatic heterocycles. The maximum absolute atomic E-state index is 13.7. The number of aromatic nitrogens is 3. The summed E-state index contributed by atoms with van der Waals surface area (Å²) in [6, 6.07) is 13.2. The Hall–Kier alpha value is -4.26. The van der Waals surface area contributed by atoms with Crippen LogP contribution < -0.4 is 4.90 Å². The fourth-order valence-electron chi connectivity index (χ4n) is 6.15. The number of phenolic OH excluding ortho intramolecular Hbond substituents is 1. The van der Waals surface area contributed by atoms with Crippen LogP contribution in [-0.4, -0.2) is 63.3 Å². The number of hydrogen-bond acceptors (Lipinski definition) is 7. The van der Waals surface area contributed by atoms with E-state index in [4.69, 9.17) is 9.72 Å². The summed E-state index contributed by atoms with van der Waals surface area (Å²) < 4.78 is 19.1. The lowest BCUT2D eigenvalue weighted by Crippen LogP contribution is -2.68. The molecule has 2 N–H and O–H groups in total. The van der Waals surface area contributed by atoms with Crippen LogP contribution in [-0.2, 0) is 11.3 Å². The highest BCUT2D eigenvalue weighted by atomic mass is 19.1. The van der Waals surface area contributed by atoms with Crippen LogP contribution in [0.15, 0.2) is 54.9 Å². The zero-order valence-corrected chi connectivity index (χ0v) is 21.3. The molecule has 4 aliphatic rings. The molecular weight excluding hydrogens is 495 g/mol. The van der Waals surface area contributed by atoms with Gasteiger partial charge in [-0.15, -0.1) is 0 Å². The summed E-state index contributed by atoms with van der Waals surface area (Å²) >= 11 is 0. The highest BCUT2D eigenvalue weighted by Gasteiger charge is 2.44. The van der Waals surface area contributed by atoms with Gasteiger partial charge in [0.15, 0.2) is 0 Å². The number of piperazine rings is 1. The second-order valence-corrected chi connectivity index (χ2v) is 10.5.